The smallest absolute Gasteiger partial charge is 0.0615 e. The van der Waals surface area contributed by atoms with Gasteiger partial charge in [0.2, 0.25) is 0 Å². The topological polar surface area (TPSA) is 38.5 Å². The predicted molar refractivity (Wildman–Crippen MR) is 66.0 cm³/mol. The monoisotopic (exact) mass is 216 g/mol. The number of hydrogen-bond donors (Lipinski definition) is 1. The van der Waals surface area contributed by atoms with E-state index < -0.39 is 0 Å². The number of likely N-dealkylation sites (N-methyl/N-ethyl adjacent to an activating group) is 1. The first kappa shape index (κ1) is 14.9. The molecule has 0 aliphatic carbocycles. The molecule has 0 rings (SSSR count). The zero-order valence-electron chi connectivity index (χ0n) is 11.0. The van der Waals surface area contributed by atoms with E-state index >= 15 is 0 Å². The first-order chi connectivity index (χ1) is 6.93. The highest BCUT2D eigenvalue weighted by molar-refractivity contribution is 4.70. The van der Waals surface area contributed by atoms with Gasteiger partial charge in [-0.15, -0.1) is 0 Å². The van der Waals surface area contributed by atoms with Crippen molar-refractivity contribution in [2.24, 2.45) is 11.1 Å². The van der Waals surface area contributed by atoms with Gasteiger partial charge in [0.05, 0.1) is 6.61 Å². The molecule has 0 fully saturated rings. The van der Waals surface area contributed by atoms with Gasteiger partial charge in [-0.3, -0.25) is 0 Å². The average Bonchev–Trinajstić information content (AvgIpc) is 2.18. The van der Waals surface area contributed by atoms with Crippen molar-refractivity contribution in [2.45, 2.75) is 39.7 Å². The Morgan fingerprint density at radius 3 is 2.47 bits per heavy atom. The number of hydrogen-bond acceptors (Lipinski definition) is 3. The van der Waals surface area contributed by atoms with Gasteiger partial charge in [0.1, 0.15) is 0 Å². The Balaban J connectivity index is 3.67. The zero-order valence-corrected chi connectivity index (χ0v) is 11.0. The molecule has 0 saturated heterocycles. The summed E-state index contributed by atoms with van der Waals surface area (Å²) in [5, 5.41) is 0. The summed E-state index contributed by atoms with van der Waals surface area (Å²) in [7, 11) is 3.90. The van der Waals surface area contributed by atoms with Crippen molar-refractivity contribution < 1.29 is 4.74 Å². The van der Waals surface area contributed by atoms with Gasteiger partial charge in [-0.05, 0) is 45.3 Å². The van der Waals surface area contributed by atoms with E-state index in [1.807, 2.05) is 0 Å². The van der Waals surface area contributed by atoms with Crippen molar-refractivity contribution in [2.75, 3.05) is 33.9 Å². The lowest BCUT2D eigenvalue weighted by Gasteiger charge is -2.27. The van der Waals surface area contributed by atoms with Gasteiger partial charge in [0, 0.05) is 13.2 Å². The van der Waals surface area contributed by atoms with Crippen LogP contribution >= 0.6 is 0 Å². The SMILES string of the molecule is COCC(C)N(C)CCCC(C)(C)CN. The quantitative estimate of drug-likeness (QED) is 0.671. The number of rotatable bonds is 8. The lowest BCUT2D eigenvalue weighted by atomic mass is 9.88. The van der Waals surface area contributed by atoms with Crippen LogP contribution in [0.5, 0.6) is 0 Å². The molecule has 0 aromatic carbocycles. The Morgan fingerprint density at radius 2 is 2.00 bits per heavy atom. The van der Waals surface area contributed by atoms with Crippen molar-refractivity contribution >= 4 is 0 Å². The number of methoxy groups -OCH3 is 1. The standard InChI is InChI=1S/C12H28N2O/c1-11(9-15-5)14(4)8-6-7-12(2,3)10-13/h11H,6-10,13H2,1-5H3. The maximum atomic E-state index is 5.70. The van der Waals surface area contributed by atoms with Gasteiger partial charge in [-0.2, -0.15) is 0 Å². The van der Waals surface area contributed by atoms with Gasteiger partial charge < -0.3 is 15.4 Å². The molecule has 1 unspecified atom stereocenters. The highest BCUT2D eigenvalue weighted by atomic mass is 16.5. The summed E-state index contributed by atoms with van der Waals surface area (Å²) in [6, 6.07) is 0.496. The van der Waals surface area contributed by atoms with Gasteiger partial charge in [0.15, 0.2) is 0 Å². The van der Waals surface area contributed by atoms with Crippen molar-refractivity contribution in [3.8, 4) is 0 Å². The minimum atomic E-state index is 0.283. The molecule has 0 amide bonds. The molecule has 15 heavy (non-hydrogen) atoms. The minimum absolute atomic E-state index is 0.283. The number of nitrogens with two attached hydrogens (primary N) is 1. The Kier molecular flexibility index (Phi) is 7.14. The van der Waals surface area contributed by atoms with E-state index in [0.717, 1.165) is 19.7 Å². The molecule has 0 aromatic rings. The Bertz CT molecular complexity index is 160. The third-order valence-corrected chi connectivity index (χ3v) is 3.08. The van der Waals surface area contributed by atoms with E-state index in [-0.39, 0.29) is 5.41 Å². The van der Waals surface area contributed by atoms with Crippen LogP contribution in [0.25, 0.3) is 0 Å². The molecule has 0 aromatic heterocycles. The fourth-order valence-electron chi connectivity index (χ4n) is 1.50. The molecule has 0 aliphatic rings. The zero-order chi connectivity index (χ0) is 11.9. The van der Waals surface area contributed by atoms with Crippen LogP contribution in [0.2, 0.25) is 0 Å². The maximum absolute atomic E-state index is 5.70. The molecule has 3 heteroatoms. The van der Waals surface area contributed by atoms with E-state index in [9.17, 15) is 0 Å². The predicted octanol–water partition coefficient (Wildman–Crippen LogP) is 1.72. The van der Waals surface area contributed by atoms with Gasteiger partial charge in [0.25, 0.3) is 0 Å². The van der Waals surface area contributed by atoms with E-state index in [1.165, 1.54) is 12.8 Å². The van der Waals surface area contributed by atoms with Crippen LogP contribution in [0.4, 0.5) is 0 Å². The maximum Gasteiger partial charge on any atom is 0.0615 e. The first-order valence-electron chi connectivity index (χ1n) is 5.82. The molecular weight excluding hydrogens is 188 g/mol. The summed E-state index contributed by atoms with van der Waals surface area (Å²) in [6.07, 6.45) is 2.39. The highest BCUT2D eigenvalue weighted by Gasteiger charge is 2.16. The molecule has 0 spiro atoms. The third-order valence-electron chi connectivity index (χ3n) is 3.08. The lowest BCUT2D eigenvalue weighted by Crippen LogP contribution is -2.34. The second-order valence-corrected chi connectivity index (χ2v) is 5.26. The third kappa shape index (κ3) is 6.88. The van der Waals surface area contributed by atoms with Crippen LogP contribution in [0, 0.1) is 5.41 Å². The van der Waals surface area contributed by atoms with Crippen LogP contribution < -0.4 is 5.73 Å². The minimum Gasteiger partial charge on any atom is -0.383 e. The summed E-state index contributed by atoms with van der Waals surface area (Å²) in [5.41, 5.74) is 5.98. The summed E-state index contributed by atoms with van der Waals surface area (Å²) >= 11 is 0. The summed E-state index contributed by atoms with van der Waals surface area (Å²) in [5.74, 6) is 0. The van der Waals surface area contributed by atoms with Crippen LogP contribution in [0.3, 0.4) is 0 Å². The Hall–Kier alpha value is -0.120. The second kappa shape index (κ2) is 7.20. The molecule has 2 N–H and O–H groups in total. The Labute approximate surface area is 95.0 Å². The largest absolute Gasteiger partial charge is 0.383 e. The molecular formula is C12H28N2O. The van der Waals surface area contributed by atoms with Crippen molar-refractivity contribution in [3.63, 3.8) is 0 Å². The lowest BCUT2D eigenvalue weighted by molar-refractivity contribution is 0.112. The highest BCUT2D eigenvalue weighted by Crippen LogP contribution is 2.20. The molecule has 0 heterocycles. The molecule has 1 atom stereocenters. The fourth-order valence-corrected chi connectivity index (χ4v) is 1.50. The molecule has 3 nitrogen and oxygen atoms in total. The average molecular weight is 216 g/mol. The van der Waals surface area contributed by atoms with E-state index in [1.54, 1.807) is 7.11 Å². The van der Waals surface area contributed by atoms with Crippen LogP contribution in [-0.2, 0) is 4.74 Å². The van der Waals surface area contributed by atoms with E-state index in [4.69, 9.17) is 10.5 Å². The van der Waals surface area contributed by atoms with E-state index in [0.29, 0.717) is 6.04 Å². The van der Waals surface area contributed by atoms with Gasteiger partial charge in [-0.1, -0.05) is 13.8 Å². The van der Waals surface area contributed by atoms with Gasteiger partial charge in [-0.25, -0.2) is 0 Å². The first-order valence-corrected chi connectivity index (χ1v) is 5.82. The molecule has 92 valence electrons. The molecule has 0 aliphatic heterocycles. The van der Waals surface area contributed by atoms with Crippen LogP contribution in [0.15, 0.2) is 0 Å². The Morgan fingerprint density at radius 1 is 1.40 bits per heavy atom. The van der Waals surface area contributed by atoms with Crippen molar-refractivity contribution in [3.05, 3.63) is 0 Å². The van der Waals surface area contributed by atoms with Crippen LogP contribution in [-0.4, -0.2) is 44.8 Å². The fraction of sp³-hybridized carbons (Fsp3) is 1.00. The summed E-state index contributed by atoms with van der Waals surface area (Å²) in [6.45, 7) is 9.34. The number of nitrogens with zero attached hydrogens (tertiary/aromatic N) is 1. The second-order valence-electron chi connectivity index (χ2n) is 5.26. The van der Waals surface area contributed by atoms with Crippen molar-refractivity contribution in [1.82, 2.24) is 4.90 Å². The van der Waals surface area contributed by atoms with Crippen LogP contribution in [0.1, 0.15) is 33.6 Å². The molecule has 0 saturated carbocycles. The van der Waals surface area contributed by atoms with E-state index in [2.05, 4.69) is 32.7 Å². The number of ether oxygens (including phenoxy) is 1. The molecule has 0 bridgehead atoms. The normalized spacial score (nSPS) is 14.6. The van der Waals surface area contributed by atoms with Gasteiger partial charge >= 0.3 is 0 Å². The van der Waals surface area contributed by atoms with Crippen molar-refractivity contribution in [1.29, 1.82) is 0 Å². The summed E-state index contributed by atoms with van der Waals surface area (Å²) in [4.78, 5) is 2.34. The molecule has 0 radical (unpaired) electrons. The summed E-state index contributed by atoms with van der Waals surface area (Å²) < 4.78 is 5.13.